The summed E-state index contributed by atoms with van der Waals surface area (Å²) in [5.74, 6) is -0.169. The molecule has 0 unspecified atom stereocenters. The topological polar surface area (TPSA) is 38.7 Å². The fourth-order valence-electron chi connectivity index (χ4n) is 2.16. The molecule has 19 heavy (non-hydrogen) atoms. The quantitative estimate of drug-likeness (QED) is 0.481. The molecule has 1 saturated carbocycles. The first kappa shape index (κ1) is 12.4. The monoisotopic (exact) mass is 275 g/mol. The molecule has 0 heterocycles. The zero-order valence-electron chi connectivity index (χ0n) is 10.4. The van der Waals surface area contributed by atoms with Crippen LogP contribution in [0.15, 0.2) is 35.0 Å². The zero-order valence-corrected chi connectivity index (χ0v) is 11.2. The van der Waals surface area contributed by atoms with Crippen LogP contribution in [-0.4, -0.2) is 12.2 Å². The number of hydrogen-bond donors (Lipinski definition) is 0. The van der Waals surface area contributed by atoms with Crippen LogP contribution in [0.25, 0.3) is 5.03 Å². The number of fused-ring (bicyclic) bond motifs is 1. The molecule has 3 rings (SSSR count). The number of carbonyl (C=O) groups excluding carboxylic acids is 1. The van der Waals surface area contributed by atoms with E-state index in [-0.39, 0.29) is 11.9 Å². The van der Waals surface area contributed by atoms with Crippen LogP contribution in [0.4, 0.5) is 0 Å². The van der Waals surface area contributed by atoms with Crippen molar-refractivity contribution in [1.82, 2.24) is 0 Å². The largest absolute Gasteiger partial charge is 0.338 e. The van der Waals surface area contributed by atoms with Crippen LogP contribution < -0.4 is 0 Å². The highest BCUT2D eigenvalue weighted by molar-refractivity contribution is 6.50. The molecule has 0 aromatic heterocycles. The molecule has 0 N–H and O–H groups in total. The van der Waals surface area contributed by atoms with Gasteiger partial charge in [-0.05, 0) is 42.4 Å². The molecule has 4 heteroatoms. The molecular formula is C15H14ClNO2. The molecule has 0 spiro atoms. The summed E-state index contributed by atoms with van der Waals surface area (Å²) < 4.78 is 0. The summed E-state index contributed by atoms with van der Waals surface area (Å²) in [6, 6.07) is 8.06. The van der Waals surface area contributed by atoms with Crippen molar-refractivity contribution in [3.05, 3.63) is 41.0 Å². The Kier molecular flexibility index (Phi) is 3.38. The lowest BCUT2D eigenvalue weighted by molar-refractivity contribution is -0.145. The number of carbonyl (C=O) groups is 1. The Hall–Kier alpha value is -1.61. The Bertz CT molecular complexity index is 573. The standard InChI is InChI=1S/C15H14ClNO2/c16-14-12(9-17-19-15(18)11-6-7-11)8-5-10-3-1-2-4-13(10)14/h1-4,9,11H,5-8H2/b17-9+. The SMILES string of the molecule is O=C(O/N=C/C1=C(Cl)c2ccccc2CC1)C1CC1. The summed E-state index contributed by atoms with van der Waals surface area (Å²) in [4.78, 5) is 16.2. The first-order chi connectivity index (χ1) is 9.25. The van der Waals surface area contributed by atoms with E-state index in [1.807, 2.05) is 18.2 Å². The van der Waals surface area contributed by atoms with E-state index < -0.39 is 0 Å². The molecule has 3 nitrogen and oxygen atoms in total. The van der Waals surface area contributed by atoms with Crippen LogP contribution >= 0.6 is 11.6 Å². The molecule has 0 aliphatic heterocycles. The minimum absolute atomic E-state index is 0.0636. The summed E-state index contributed by atoms with van der Waals surface area (Å²) in [5, 5.41) is 4.46. The van der Waals surface area contributed by atoms with E-state index in [0.717, 1.165) is 36.8 Å². The number of benzene rings is 1. The van der Waals surface area contributed by atoms with Crippen molar-refractivity contribution in [2.75, 3.05) is 0 Å². The van der Waals surface area contributed by atoms with Gasteiger partial charge in [-0.3, -0.25) is 0 Å². The van der Waals surface area contributed by atoms with E-state index in [1.165, 1.54) is 5.56 Å². The van der Waals surface area contributed by atoms with Gasteiger partial charge in [-0.2, -0.15) is 0 Å². The van der Waals surface area contributed by atoms with Crippen LogP contribution in [0.1, 0.15) is 30.4 Å². The van der Waals surface area contributed by atoms with E-state index in [0.29, 0.717) is 5.03 Å². The molecule has 2 aliphatic carbocycles. The lowest BCUT2D eigenvalue weighted by Gasteiger charge is -2.16. The first-order valence-electron chi connectivity index (χ1n) is 6.47. The van der Waals surface area contributed by atoms with Gasteiger partial charge in [0.1, 0.15) is 0 Å². The van der Waals surface area contributed by atoms with Crippen molar-refractivity contribution in [3.8, 4) is 0 Å². The lowest BCUT2D eigenvalue weighted by atomic mass is 9.92. The minimum atomic E-state index is -0.232. The molecular weight excluding hydrogens is 262 g/mol. The number of nitrogens with zero attached hydrogens (tertiary/aromatic N) is 1. The van der Waals surface area contributed by atoms with E-state index in [4.69, 9.17) is 16.4 Å². The number of aryl methyl sites for hydroxylation is 1. The summed E-state index contributed by atoms with van der Waals surface area (Å²) in [5.41, 5.74) is 3.22. The predicted octanol–water partition coefficient (Wildman–Crippen LogP) is 3.52. The maximum atomic E-state index is 11.3. The lowest BCUT2D eigenvalue weighted by Crippen LogP contribution is -2.05. The molecule has 2 aliphatic rings. The van der Waals surface area contributed by atoms with Gasteiger partial charge in [0.05, 0.1) is 17.2 Å². The highest BCUT2D eigenvalue weighted by Crippen LogP contribution is 2.33. The molecule has 0 saturated heterocycles. The van der Waals surface area contributed by atoms with Crippen molar-refractivity contribution in [3.63, 3.8) is 0 Å². The second-order valence-corrected chi connectivity index (χ2v) is 5.29. The second kappa shape index (κ2) is 5.17. The molecule has 0 radical (unpaired) electrons. The highest BCUT2D eigenvalue weighted by Gasteiger charge is 2.31. The summed E-state index contributed by atoms with van der Waals surface area (Å²) >= 11 is 6.35. The van der Waals surface area contributed by atoms with Gasteiger partial charge in [-0.25, -0.2) is 4.79 Å². The van der Waals surface area contributed by atoms with Crippen LogP contribution in [-0.2, 0) is 16.1 Å². The fraction of sp³-hybridized carbons (Fsp3) is 0.333. The number of halogens is 1. The Balaban J connectivity index is 1.74. The minimum Gasteiger partial charge on any atom is -0.318 e. The van der Waals surface area contributed by atoms with Crippen molar-refractivity contribution < 1.29 is 9.63 Å². The number of oxime groups is 1. The van der Waals surface area contributed by atoms with Crippen molar-refractivity contribution in [2.45, 2.75) is 25.7 Å². The Morgan fingerprint density at radius 3 is 2.89 bits per heavy atom. The summed E-state index contributed by atoms with van der Waals surface area (Å²) in [7, 11) is 0. The maximum Gasteiger partial charge on any atom is 0.338 e. The Labute approximate surface area is 116 Å². The zero-order chi connectivity index (χ0) is 13.2. The maximum absolute atomic E-state index is 11.3. The molecule has 0 atom stereocenters. The van der Waals surface area contributed by atoms with Gasteiger partial charge in [0.2, 0.25) is 0 Å². The third-order valence-electron chi connectivity index (χ3n) is 3.46. The first-order valence-corrected chi connectivity index (χ1v) is 6.84. The van der Waals surface area contributed by atoms with Gasteiger partial charge < -0.3 is 4.84 Å². The van der Waals surface area contributed by atoms with E-state index in [1.54, 1.807) is 6.21 Å². The fourth-order valence-corrected chi connectivity index (χ4v) is 2.49. The van der Waals surface area contributed by atoms with E-state index in [2.05, 4.69) is 11.2 Å². The third kappa shape index (κ3) is 2.71. The number of allylic oxidation sites excluding steroid dienone is 1. The van der Waals surface area contributed by atoms with Crippen molar-refractivity contribution in [2.24, 2.45) is 11.1 Å². The third-order valence-corrected chi connectivity index (χ3v) is 3.91. The van der Waals surface area contributed by atoms with Crippen LogP contribution in [0.3, 0.4) is 0 Å². The van der Waals surface area contributed by atoms with Crippen LogP contribution in [0.2, 0.25) is 0 Å². The van der Waals surface area contributed by atoms with E-state index in [9.17, 15) is 4.79 Å². The smallest absolute Gasteiger partial charge is 0.318 e. The Morgan fingerprint density at radius 1 is 1.32 bits per heavy atom. The molecule has 98 valence electrons. The summed E-state index contributed by atoms with van der Waals surface area (Å²) in [6.45, 7) is 0. The van der Waals surface area contributed by atoms with E-state index >= 15 is 0 Å². The molecule has 1 aromatic carbocycles. The van der Waals surface area contributed by atoms with Crippen molar-refractivity contribution in [1.29, 1.82) is 0 Å². The normalized spacial score (nSPS) is 18.6. The molecule has 0 amide bonds. The second-order valence-electron chi connectivity index (χ2n) is 4.92. The van der Waals surface area contributed by atoms with Gasteiger partial charge in [0, 0.05) is 0 Å². The highest BCUT2D eigenvalue weighted by atomic mass is 35.5. The van der Waals surface area contributed by atoms with Gasteiger partial charge in [-0.15, -0.1) is 0 Å². The van der Waals surface area contributed by atoms with Gasteiger partial charge in [0.25, 0.3) is 0 Å². The number of rotatable bonds is 3. The van der Waals surface area contributed by atoms with Gasteiger partial charge in [0.15, 0.2) is 0 Å². The predicted molar refractivity (Wildman–Crippen MR) is 74.8 cm³/mol. The average molecular weight is 276 g/mol. The number of hydrogen-bond acceptors (Lipinski definition) is 3. The van der Waals surface area contributed by atoms with Crippen molar-refractivity contribution >= 4 is 28.8 Å². The molecule has 1 fully saturated rings. The Morgan fingerprint density at radius 2 is 2.11 bits per heavy atom. The molecule has 1 aromatic rings. The van der Waals surface area contributed by atoms with Gasteiger partial charge in [-0.1, -0.05) is 41.0 Å². The van der Waals surface area contributed by atoms with Gasteiger partial charge >= 0.3 is 5.97 Å². The van der Waals surface area contributed by atoms with Crippen LogP contribution in [0, 0.1) is 5.92 Å². The average Bonchev–Trinajstić information content (AvgIpc) is 3.26. The van der Waals surface area contributed by atoms with Crippen LogP contribution in [0.5, 0.6) is 0 Å². The molecule has 0 bridgehead atoms. The summed E-state index contributed by atoms with van der Waals surface area (Å²) in [6.07, 6.45) is 5.17.